The first-order chi connectivity index (χ1) is 17.4. The second-order valence-electron chi connectivity index (χ2n) is 10.9. The first-order valence-electron chi connectivity index (χ1n) is 13.6. The second-order valence-corrected chi connectivity index (χ2v) is 10.9. The van der Waals surface area contributed by atoms with Gasteiger partial charge in [0.2, 0.25) is 5.91 Å². The number of aryl methyl sites for hydroxylation is 1. The number of aromatic hydroxyl groups is 2. The van der Waals surface area contributed by atoms with Gasteiger partial charge in [-0.1, -0.05) is 49.2 Å². The van der Waals surface area contributed by atoms with Gasteiger partial charge in [-0.2, -0.15) is 0 Å². The number of rotatable bonds is 7. The number of nitrogens with zero attached hydrogens (tertiary/aromatic N) is 1. The topological polar surface area (TPSA) is 93.0 Å². The largest absolute Gasteiger partial charge is 0.504 e. The lowest BCUT2D eigenvalue weighted by Crippen LogP contribution is -2.62. The van der Waals surface area contributed by atoms with Crippen LogP contribution in [0.2, 0.25) is 0 Å². The van der Waals surface area contributed by atoms with E-state index in [-0.39, 0.29) is 23.4 Å². The summed E-state index contributed by atoms with van der Waals surface area (Å²) in [5.41, 5.74) is 1.54. The molecule has 0 aromatic heterocycles. The monoisotopic (exact) mass is 494 g/mol. The number of amides is 1. The number of carbonyl (C=O) groups is 1. The highest BCUT2D eigenvalue weighted by atomic mass is 16.3. The van der Waals surface area contributed by atoms with Crippen LogP contribution in [0.3, 0.4) is 0 Å². The summed E-state index contributed by atoms with van der Waals surface area (Å²) in [6.07, 6.45) is 10.5. The lowest BCUT2D eigenvalue weighted by atomic mass is 9.66. The number of benzene rings is 2. The zero-order valence-electron chi connectivity index (χ0n) is 21.5. The summed E-state index contributed by atoms with van der Waals surface area (Å²) >= 11 is 0. The van der Waals surface area contributed by atoms with Gasteiger partial charge in [0.1, 0.15) is 0 Å². The third-order valence-corrected chi connectivity index (χ3v) is 8.29. The van der Waals surface area contributed by atoms with Crippen molar-refractivity contribution in [1.29, 1.82) is 0 Å². The number of carbonyl (C=O) groups excluding carboxylic acids is 1. The molecule has 2 unspecified atom stereocenters. The van der Waals surface area contributed by atoms with E-state index in [1.54, 1.807) is 19.2 Å². The van der Waals surface area contributed by atoms with Crippen LogP contribution in [-0.2, 0) is 17.6 Å². The van der Waals surface area contributed by atoms with Crippen molar-refractivity contribution in [3.63, 3.8) is 0 Å². The quantitative estimate of drug-likeness (QED) is 0.428. The summed E-state index contributed by atoms with van der Waals surface area (Å²) in [5.74, 6) is 1.23. The summed E-state index contributed by atoms with van der Waals surface area (Å²) in [5, 5.41) is 33.4. The molecular weight excluding hydrogens is 452 g/mol. The molecule has 5 rings (SSSR count). The predicted molar refractivity (Wildman–Crippen MR) is 142 cm³/mol. The Kier molecular flexibility index (Phi) is 8.91. The molecule has 0 bridgehead atoms. The molecule has 3 atom stereocenters. The fourth-order valence-corrected chi connectivity index (χ4v) is 6.06. The highest BCUT2D eigenvalue weighted by Gasteiger charge is 2.50. The van der Waals surface area contributed by atoms with E-state index < -0.39 is 5.60 Å². The van der Waals surface area contributed by atoms with Gasteiger partial charge in [-0.05, 0) is 86.6 Å². The lowest BCUT2D eigenvalue weighted by Gasteiger charge is -2.54. The van der Waals surface area contributed by atoms with Crippen molar-refractivity contribution < 1.29 is 20.1 Å². The minimum Gasteiger partial charge on any atom is -0.504 e. The van der Waals surface area contributed by atoms with Gasteiger partial charge in [0.25, 0.3) is 0 Å². The van der Waals surface area contributed by atoms with E-state index in [2.05, 4.69) is 10.2 Å². The maximum Gasteiger partial charge on any atom is 0.224 e. The average molecular weight is 495 g/mol. The number of phenolic OH excluding ortho intramolecular Hbond substituents is 2. The van der Waals surface area contributed by atoms with Gasteiger partial charge in [0.15, 0.2) is 11.5 Å². The zero-order valence-corrected chi connectivity index (χ0v) is 21.5. The maximum absolute atomic E-state index is 11.6. The van der Waals surface area contributed by atoms with Crippen molar-refractivity contribution in [2.75, 3.05) is 20.1 Å². The van der Waals surface area contributed by atoms with E-state index in [4.69, 9.17) is 0 Å². The van der Waals surface area contributed by atoms with Gasteiger partial charge in [-0.3, -0.25) is 9.69 Å². The van der Waals surface area contributed by atoms with Crippen molar-refractivity contribution >= 4 is 5.91 Å². The molecule has 1 heterocycles. The molecule has 6 nitrogen and oxygen atoms in total. The molecule has 6 heteroatoms. The SMILES string of the molecule is CNC(=O)Cc1ccccc1.Oc1ccc(CC[C@H]2N(CC3CC3)CCC3CCCCC32O)cc1O. The third-order valence-electron chi connectivity index (χ3n) is 8.29. The van der Waals surface area contributed by atoms with Gasteiger partial charge in [0.05, 0.1) is 12.0 Å². The Balaban J connectivity index is 0.000000233. The molecule has 1 aliphatic heterocycles. The van der Waals surface area contributed by atoms with Crippen molar-refractivity contribution in [1.82, 2.24) is 10.2 Å². The smallest absolute Gasteiger partial charge is 0.224 e. The van der Waals surface area contributed by atoms with Gasteiger partial charge in [-0.15, -0.1) is 0 Å². The van der Waals surface area contributed by atoms with E-state index in [0.29, 0.717) is 12.3 Å². The molecule has 2 saturated carbocycles. The van der Waals surface area contributed by atoms with E-state index in [1.807, 2.05) is 36.4 Å². The maximum atomic E-state index is 11.6. The standard InChI is InChI=1S/C21H31NO3.C9H11NO/c23-18-8-6-15(13-19(18)24)7-9-20-21(25)11-2-1-3-17(21)10-12-22(20)14-16-4-5-16;1-10-9(11)7-8-5-3-2-4-6-8/h6,8,13,16-17,20,23-25H,1-5,7,9-12,14H2;2-6H,7H2,1H3,(H,10,11)/t17?,20-,21?;/m1./s1. The zero-order chi connectivity index (χ0) is 25.5. The Morgan fingerprint density at radius 3 is 2.47 bits per heavy atom. The highest BCUT2D eigenvalue weighted by Crippen LogP contribution is 2.46. The molecule has 36 heavy (non-hydrogen) atoms. The van der Waals surface area contributed by atoms with Gasteiger partial charge in [-0.25, -0.2) is 0 Å². The molecule has 0 spiro atoms. The normalized spacial score (nSPS) is 25.8. The van der Waals surface area contributed by atoms with Crippen LogP contribution in [0.25, 0.3) is 0 Å². The molecule has 1 amide bonds. The summed E-state index contributed by atoms with van der Waals surface area (Å²) in [4.78, 5) is 13.4. The lowest BCUT2D eigenvalue weighted by molar-refractivity contribution is -0.143. The number of likely N-dealkylation sites (N-methyl/N-ethyl adjacent to an activating group) is 1. The molecule has 2 aromatic rings. The van der Waals surface area contributed by atoms with Crippen LogP contribution in [-0.4, -0.2) is 57.9 Å². The third kappa shape index (κ3) is 6.80. The van der Waals surface area contributed by atoms with Crippen LogP contribution in [0.4, 0.5) is 0 Å². The van der Waals surface area contributed by atoms with Crippen molar-refractivity contribution in [2.24, 2.45) is 11.8 Å². The number of nitrogens with one attached hydrogen (secondary N) is 1. The molecule has 2 aromatic carbocycles. The van der Waals surface area contributed by atoms with Crippen LogP contribution >= 0.6 is 0 Å². The summed E-state index contributed by atoms with van der Waals surface area (Å²) in [7, 11) is 1.64. The number of hydrogen-bond donors (Lipinski definition) is 4. The molecule has 196 valence electrons. The first-order valence-corrected chi connectivity index (χ1v) is 13.6. The fourth-order valence-electron chi connectivity index (χ4n) is 6.06. The first kappa shape index (κ1) is 26.5. The average Bonchev–Trinajstić information content (AvgIpc) is 3.70. The summed E-state index contributed by atoms with van der Waals surface area (Å²) in [6.45, 7) is 2.26. The number of piperidine rings is 1. The van der Waals surface area contributed by atoms with Crippen LogP contribution in [0.5, 0.6) is 11.5 Å². The number of phenols is 2. The molecule has 2 aliphatic carbocycles. The Morgan fingerprint density at radius 2 is 1.78 bits per heavy atom. The summed E-state index contributed by atoms with van der Waals surface area (Å²) < 4.78 is 0. The molecule has 0 radical (unpaired) electrons. The molecule has 3 aliphatic rings. The van der Waals surface area contributed by atoms with E-state index in [1.165, 1.54) is 25.7 Å². The minimum atomic E-state index is -0.537. The van der Waals surface area contributed by atoms with E-state index in [0.717, 1.165) is 62.2 Å². The molecule has 1 saturated heterocycles. The number of aliphatic hydroxyl groups is 1. The van der Waals surface area contributed by atoms with Gasteiger partial charge >= 0.3 is 0 Å². The second kappa shape index (κ2) is 12.1. The Hall–Kier alpha value is -2.57. The van der Waals surface area contributed by atoms with Crippen LogP contribution < -0.4 is 5.32 Å². The Labute approximate surface area is 215 Å². The Morgan fingerprint density at radius 1 is 1.00 bits per heavy atom. The van der Waals surface area contributed by atoms with Crippen LogP contribution in [0, 0.1) is 11.8 Å². The number of hydrogen-bond acceptors (Lipinski definition) is 5. The molecule has 3 fully saturated rings. The van der Waals surface area contributed by atoms with Crippen LogP contribution in [0.15, 0.2) is 48.5 Å². The fraction of sp³-hybridized carbons (Fsp3) is 0.567. The number of likely N-dealkylation sites (tertiary alicyclic amines) is 1. The molecular formula is C30H42N2O4. The highest BCUT2D eigenvalue weighted by molar-refractivity contribution is 5.78. The van der Waals surface area contributed by atoms with Crippen LogP contribution in [0.1, 0.15) is 62.5 Å². The van der Waals surface area contributed by atoms with E-state index in [9.17, 15) is 20.1 Å². The Bertz CT molecular complexity index is 994. The van der Waals surface area contributed by atoms with Gasteiger partial charge in [0, 0.05) is 19.6 Å². The predicted octanol–water partition coefficient (Wildman–Crippen LogP) is 4.41. The van der Waals surface area contributed by atoms with Gasteiger partial charge < -0.3 is 20.6 Å². The van der Waals surface area contributed by atoms with Crippen molar-refractivity contribution in [3.05, 3.63) is 59.7 Å². The molecule has 4 N–H and O–H groups in total. The summed E-state index contributed by atoms with van der Waals surface area (Å²) in [6, 6.07) is 15.0. The van der Waals surface area contributed by atoms with E-state index >= 15 is 0 Å². The van der Waals surface area contributed by atoms with Crippen molar-refractivity contribution in [2.45, 2.75) is 75.9 Å². The minimum absolute atomic E-state index is 0.0507. The number of fused-ring (bicyclic) bond motifs is 1. The van der Waals surface area contributed by atoms with Crippen molar-refractivity contribution in [3.8, 4) is 11.5 Å².